The lowest BCUT2D eigenvalue weighted by molar-refractivity contribution is 0.271. The summed E-state index contributed by atoms with van der Waals surface area (Å²) < 4.78 is 5.95. The van der Waals surface area contributed by atoms with Crippen LogP contribution >= 0.6 is 0 Å². The minimum atomic E-state index is 0.494. The highest BCUT2D eigenvalue weighted by molar-refractivity contribution is 5.56. The molecule has 0 aromatic heterocycles. The molecule has 4 unspecified atom stereocenters. The van der Waals surface area contributed by atoms with Crippen LogP contribution in [0.4, 0.5) is 5.69 Å². The molecule has 3 rings (SSSR count). The summed E-state index contributed by atoms with van der Waals surface area (Å²) >= 11 is 0. The van der Waals surface area contributed by atoms with E-state index >= 15 is 0 Å². The van der Waals surface area contributed by atoms with E-state index in [2.05, 4.69) is 56.4 Å². The van der Waals surface area contributed by atoms with E-state index in [9.17, 15) is 0 Å². The fraction of sp³-hybridized carbons (Fsp3) is 0.579. The van der Waals surface area contributed by atoms with Crippen molar-refractivity contribution in [1.29, 1.82) is 0 Å². The number of para-hydroxylation sites is 2. The van der Waals surface area contributed by atoms with Crippen LogP contribution in [0.25, 0.3) is 0 Å². The Hall–Kier alpha value is -1.44. The molecule has 0 spiro atoms. The molecule has 2 aliphatic rings. The first kappa shape index (κ1) is 14.5. The molecule has 0 heterocycles. The van der Waals surface area contributed by atoms with Gasteiger partial charge < -0.3 is 10.1 Å². The van der Waals surface area contributed by atoms with Crippen molar-refractivity contribution >= 4 is 5.69 Å². The fourth-order valence-electron chi connectivity index (χ4n) is 3.72. The number of nitrogens with one attached hydrogen (secondary N) is 1. The molecule has 1 saturated carbocycles. The SMILES string of the molecule is CC(C)COc1ccccc1NC(C)C1CC2C=CC1C2. The Labute approximate surface area is 128 Å². The monoisotopic (exact) mass is 285 g/mol. The van der Waals surface area contributed by atoms with Gasteiger partial charge in [0.25, 0.3) is 0 Å². The molecule has 114 valence electrons. The van der Waals surface area contributed by atoms with E-state index < -0.39 is 0 Å². The lowest BCUT2D eigenvalue weighted by Crippen LogP contribution is -2.29. The molecule has 1 aromatic carbocycles. The second-order valence-electron chi connectivity index (χ2n) is 7.08. The summed E-state index contributed by atoms with van der Waals surface area (Å²) in [7, 11) is 0. The van der Waals surface area contributed by atoms with Gasteiger partial charge in [-0.25, -0.2) is 0 Å². The van der Waals surface area contributed by atoms with E-state index in [1.807, 2.05) is 6.07 Å². The molecule has 2 nitrogen and oxygen atoms in total. The minimum Gasteiger partial charge on any atom is -0.491 e. The molecule has 0 radical (unpaired) electrons. The first-order valence-electron chi connectivity index (χ1n) is 8.30. The van der Waals surface area contributed by atoms with Gasteiger partial charge in [0.15, 0.2) is 0 Å². The molecular weight excluding hydrogens is 258 g/mol. The number of ether oxygens (including phenoxy) is 1. The first-order chi connectivity index (χ1) is 10.1. The zero-order valence-electron chi connectivity index (χ0n) is 13.4. The summed E-state index contributed by atoms with van der Waals surface area (Å²) in [5.74, 6) is 3.90. The van der Waals surface area contributed by atoms with Gasteiger partial charge in [0, 0.05) is 6.04 Å². The highest BCUT2D eigenvalue weighted by Gasteiger charge is 2.38. The Bertz CT molecular complexity index is 508. The number of hydrogen-bond donors (Lipinski definition) is 1. The lowest BCUT2D eigenvalue weighted by atomic mass is 9.87. The molecule has 2 aliphatic carbocycles. The molecule has 2 heteroatoms. The molecule has 0 aliphatic heterocycles. The van der Waals surface area contributed by atoms with Gasteiger partial charge in [-0.05, 0) is 55.6 Å². The van der Waals surface area contributed by atoms with E-state index in [0.717, 1.165) is 35.8 Å². The third-order valence-corrected chi connectivity index (χ3v) is 4.81. The van der Waals surface area contributed by atoms with Crippen LogP contribution in [-0.4, -0.2) is 12.6 Å². The largest absolute Gasteiger partial charge is 0.491 e. The summed E-state index contributed by atoms with van der Waals surface area (Å²) in [4.78, 5) is 0. The molecule has 0 saturated heterocycles. The van der Waals surface area contributed by atoms with E-state index in [0.29, 0.717) is 12.0 Å². The third kappa shape index (κ3) is 3.25. The highest BCUT2D eigenvalue weighted by atomic mass is 16.5. The fourth-order valence-corrected chi connectivity index (χ4v) is 3.72. The summed E-state index contributed by atoms with van der Waals surface area (Å²) in [6.45, 7) is 7.45. The first-order valence-corrected chi connectivity index (χ1v) is 8.30. The average Bonchev–Trinajstić information content (AvgIpc) is 3.09. The Morgan fingerprint density at radius 1 is 1.14 bits per heavy atom. The van der Waals surface area contributed by atoms with Gasteiger partial charge >= 0.3 is 0 Å². The number of rotatable bonds is 6. The van der Waals surface area contributed by atoms with Gasteiger partial charge in [0.05, 0.1) is 12.3 Å². The van der Waals surface area contributed by atoms with Crippen LogP contribution in [-0.2, 0) is 0 Å². The van der Waals surface area contributed by atoms with Gasteiger partial charge in [-0.2, -0.15) is 0 Å². The maximum atomic E-state index is 5.95. The number of hydrogen-bond acceptors (Lipinski definition) is 2. The van der Waals surface area contributed by atoms with Crippen LogP contribution < -0.4 is 10.1 Å². The average molecular weight is 285 g/mol. The summed E-state index contributed by atoms with van der Waals surface area (Å²) in [6, 6.07) is 8.82. The van der Waals surface area contributed by atoms with E-state index in [1.54, 1.807) is 0 Å². The third-order valence-electron chi connectivity index (χ3n) is 4.81. The Morgan fingerprint density at radius 3 is 2.62 bits per heavy atom. The molecule has 21 heavy (non-hydrogen) atoms. The quantitative estimate of drug-likeness (QED) is 0.763. The van der Waals surface area contributed by atoms with Crippen molar-refractivity contribution in [3.63, 3.8) is 0 Å². The molecule has 1 aromatic rings. The van der Waals surface area contributed by atoms with Gasteiger partial charge in [-0.15, -0.1) is 0 Å². The number of anilines is 1. The van der Waals surface area contributed by atoms with Crippen molar-refractivity contribution < 1.29 is 4.74 Å². The van der Waals surface area contributed by atoms with Crippen LogP contribution in [0.2, 0.25) is 0 Å². The van der Waals surface area contributed by atoms with Gasteiger partial charge in [0.1, 0.15) is 5.75 Å². The Morgan fingerprint density at radius 2 is 1.95 bits per heavy atom. The zero-order chi connectivity index (χ0) is 14.8. The summed E-state index contributed by atoms with van der Waals surface area (Å²) in [6.07, 6.45) is 7.54. The molecule has 0 amide bonds. The zero-order valence-corrected chi connectivity index (χ0v) is 13.4. The Kier molecular flexibility index (Phi) is 4.23. The molecule has 4 atom stereocenters. The van der Waals surface area contributed by atoms with Crippen molar-refractivity contribution in [3.8, 4) is 5.75 Å². The van der Waals surface area contributed by atoms with Crippen molar-refractivity contribution in [1.82, 2.24) is 0 Å². The number of benzene rings is 1. The van der Waals surface area contributed by atoms with Crippen LogP contribution in [0.3, 0.4) is 0 Å². The van der Waals surface area contributed by atoms with E-state index in [-0.39, 0.29) is 0 Å². The maximum Gasteiger partial charge on any atom is 0.142 e. The number of allylic oxidation sites excluding steroid dienone is 2. The van der Waals surface area contributed by atoms with Gasteiger partial charge in [-0.3, -0.25) is 0 Å². The molecule has 1 N–H and O–H groups in total. The van der Waals surface area contributed by atoms with Crippen molar-refractivity contribution in [2.24, 2.45) is 23.7 Å². The van der Waals surface area contributed by atoms with Crippen molar-refractivity contribution in [3.05, 3.63) is 36.4 Å². The van der Waals surface area contributed by atoms with Crippen LogP contribution in [0.1, 0.15) is 33.6 Å². The van der Waals surface area contributed by atoms with Crippen molar-refractivity contribution in [2.75, 3.05) is 11.9 Å². The van der Waals surface area contributed by atoms with Crippen LogP contribution in [0.15, 0.2) is 36.4 Å². The molecular formula is C19H27NO. The Balaban J connectivity index is 1.65. The highest BCUT2D eigenvalue weighted by Crippen LogP contribution is 2.45. The molecule has 2 bridgehead atoms. The predicted octanol–water partition coefficient (Wildman–Crippen LogP) is 4.73. The maximum absolute atomic E-state index is 5.95. The standard InChI is InChI=1S/C19H27NO/c1-13(2)12-21-19-7-5-4-6-18(19)20-14(3)17-11-15-8-9-16(17)10-15/h4-9,13-17,20H,10-12H2,1-3H3. The van der Waals surface area contributed by atoms with Gasteiger partial charge in [0.2, 0.25) is 0 Å². The lowest BCUT2D eigenvalue weighted by Gasteiger charge is -2.28. The second kappa shape index (κ2) is 6.13. The predicted molar refractivity (Wildman–Crippen MR) is 88.7 cm³/mol. The smallest absolute Gasteiger partial charge is 0.142 e. The summed E-state index contributed by atoms with van der Waals surface area (Å²) in [5.41, 5.74) is 1.14. The topological polar surface area (TPSA) is 21.3 Å². The van der Waals surface area contributed by atoms with Crippen molar-refractivity contribution in [2.45, 2.75) is 39.7 Å². The normalized spacial score (nSPS) is 28.1. The van der Waals surface area contributed by atoms with Crippen LogP contribution in [0.5, 0.6) is 5.75 Å². The second-order valence-corrected chi connectivity index (χ2v) is 7.08. The summed E-state index contributed by atoms with van der Waals surface area (Å²) in [5, 5.41) is 3.70. The van der Waals surface area contributed by atoms with Gasteiger partial charge in [-0.1, -0.05) is 38.1 Å². The molecule has 1 fully saturated rings. The van der Waals surface area contributed by atoms with E-state index in [1.165, 1.54) is 12.8 Å². The van der Waals surface area contributed by atoms with Crippen LogP contribution in [0, 0.1) is 23.7 Å². The van der Waals surface area contributed by atoms with E-state index in [4.69, 9.17) is 4.74 Å². The number of fused-ring (bicyclic) bond motifs is 2. The minimum absolute atomic E-state index is 0.494.